The smallest absolute Gasteiger partial charge is 0.281 e. The largest absolute Gasteiger partial charge is 0.502 e. The third kappa shape index (κ3) is 3.53. The van der Waals surface area contributed by atoms with E-state index in [4.69, 9.17) is 9.47 Å². The summed E-state index contributed by atoms with van der Waals surface area (Å²) in [5.74, 6) is -0.206. The molecular formula is C14H13FN2O4S. The number of hydrogen-bond donors (Lipinski definition) is 2. The van der Waals surface area contributed by atoms with Crippen LogP contribution in [0, 0.1) is 5.13 Å². The average molecular weight is 324 g/mol. The Morgan fingerprint density at radius 1 is 1.32 bits per heavy atom. The van der Waals surface area contributed by atoms with Crippen LogP contribution in [0.2, 0.25) is 0 Å². The minimum Gasteiger partial charge on any atom is -0.502 e. The molecule has 22 heavy (non-hydrogen) atoms. The van der Waals surface area contributed by atoms with Crippen LogP contribution in [0.4, 0.5) is 4.39 Å². The first kappa shape index (κ1) is 15.8. The van der Waals surface area contributed by atoms with Gasteiger partial charge in [0.05, 0.1) is 25.3 Å². The van der Waals surface area contributed by atoms with Crippen molar-refractivity contribution in [3.8, 4) is 17.2 Å². The second kappa shape index (κ2) is 6.90. The number of halogens is 1. The maximum atomic E-state index is 12.8. The van der Waals surface area contributed by atoms with E-state index in [1.54, 1.807) is 0 Å². The van der Waals surface area contributed by atoms with Crippen molar-refractivity contribution in [2.45, 2.75) is 0 Å². The van der Waals surface area contributed by atoms with Crippen LogP contribution in [0.15, 0.2) is 29.4 Å². The van der Waals surface area contributed by atoms with Crippen molar-refractivity contribution in [1.82, 2.24) is 5.43 Å². The Hall–Kier alpha value is -2.61. The number of nitrogens with one attached hydrogen (secondary N) is 1. The summed E-state index contributed by atoms with van der Waals surface area (Å²) in [5, 5.41) is 13.1. The zero-order valence-electron chi connectivity index (χ0n) is 11.8. The number of carbonyl (C=O) groups is 1. The van der Waals surface area contributed by atoms with Crippen LogP contribution in [0.5, 0.6) is 17.2 Å². The molecule has 0 radical (unpaired) electrons. The molecule has 0 atom stereocenters. The van der Waals surface area contributed by atoms with E-state index in [0.717, 1.165) is 11.3 Å². The highest BCUT2D eigenvalue weighted by atomic mass is 32.1. The van der Waals surface area contributed by atoms with Crippen LogP contribution in [-0.2, 0) is 0 Å². The Morgan fingerprint density at radius 3 is 2.45 bits per heavy atom. The summed E-state index contributed by atoms with van der Waals surface area (Å²) >= 11 is 0.731. The summed E-state index contributed by atoms with van der Waals surface area (Å²) < 4.78 is 22.8. The summed E-state index contributed by atoms with van der Waals surface area (Å²) in [6, 6.07) is 5.63. The lowest BCUT2D eigenvalue weighted by atomic mass is 10.2. The van der Waals surface area contributed by atoms with Gasteiger partial charge in [-0.15, -0.1) is 11.3 Å². The van der Waals surface area contributed by atoms with Crippen molar-refractivity contribution in [3.63, 3.8) is 0 Å². The highest BCUT2D eigenvalue weighted by molar-refractivity contribution is 7.12. The zero-order valence-corrected chi connectivity index (χ0v) is 12.6. The lowest BCUT2D eigenvalue weighted by molar-refractivity contribution is 0.0959. The number of thiophene rings is 1. The van der Waals surface area contributed by atoms with Crippen LogP contribution in [0.1, 0.15) is 15.2 Å². The third-order valence-electron chi connectivity index (χ3n) is 2.68. The number of methoxy groups -OCH3 is 2. The molecule has 0 saturated carbocycles. The highest BCUT2D eigenvalue weighted by Gasteiger charge is 2.11. The van der Waals surface area contributed by atoms with Crippen LogP contribution >= 0.6 is 11.3 Å². The molecular weight excluding hydrogens is 311 g/mol. The maximum Gasteiger partial charge on any atom is 0.281 e. The SMILES string of the molecule is COc1cc(/C=N/NC(=O)c2ccc(F)s2)cc(OC)c1O. The van der Waals surface area contributed by atoms with Gasteiger partial charge < -0.3 is 14.6 Å². The fourth-order valence-electron chi connectivity index (χ4n) is 1.65. The molecule has 1 heterocycles. The zero-order chi connectivity index (χ0) is 16.1. The van der Waals surface area contributed by atoms with E-state index < -0.39 is 11.0 Å². The molecule has 0 aliphatic carbocycles. The number of hydrogen-bond acceptors (Lipinski definition) is 6. The number of amides is 1. The first-order chi connectivity index (χ1) is 10.5. The molecule has 1 amide bonds. The molecule has 0 saturated heterocycles. The molecule has 2 N–H and O–H groups in total. The fourth-order valence-corrected chi connectivity index (χ4v) is 2.27. The van der Waals surface area contributed by atoms with Gasteiger partial charge in [0.2, 0.25) is 5.75 Å². The monoisotopic (exact) mass is 324 g/mol. The van der Waals surface area contributed by atoms with Gasteiger partial charge in [0.1, 0.15) is 0 Å². The summed E-state index contributed by atoms with van der Waals surface area (Å²) in [7, 11) is 2.81. The molecule has 116 valence electrons. The fraction of sp³-hybridized carbons (Fsp3) is 0.143. The van der Waals surface area contributed by atoms with Gasteiger partial charge in [-0.25, -0.2) is 5.43 Å². The van der Waals surface area contributed by atoms with Crippen molar-refractivity contribution in [1.29, 1.82) is 0 Å². The Morgan fingerprint density at radius 2 is 1.95 bits per heavy atom. The molecule has 0 aliphatic rings. The number of nitrogens with zero attached hydrogens (tertiary/aromatic N) is 1. The predicted molar refractivity (Wildman–Crippen MR) is 80.5 cm³/mol. The molecule has 0 aliphatic heterocycles. The number of hydrazone groups is 1. The minimum absolute atomic E-state index is 0.125. The second-order valence-electron chi connectivity index (χ2n) is 4.08. The minimum atomic E-state index is -0.511. The van der Waals surface area contributed by atoms with Crippen molar-refractivity contribution in [3.05, 3.63) is 39.8 Å². The molecule has 0 bridgehead atoms. The quantitative estimate of drug-likeness (QED) is 0.654. The van der Waals surface area contributed by atoms with E-state index >= 15 is 0 Å². The maximum absolute atomic E-state index is 12.8. The van der Waals surface area contributed by atoms with Gasteiger partial charge in [0.15, 0.2) is 16.6 Å². The molecule has 2 rings (SSSR count). The van der Waals surface area contributed by atoms with Crippen LogP contribution < -0.4 is 14.9 Å². The Kier molecular flexibility index (Phi) is 4.95. The van der Waals surface area contributed by atoms with Gasteiger partial charge in [-0.1, -0.05) is 0 Å². The molecule has 1 aromatic carbocycles. The molecule has 0 unspecified atom stereocenters. The second-order valence-corrected chi connectivity index (χ2v) is 5.11. The third-order valence-corrected chi connectivity index (χ3v) is 3.55. The Bertz CT molecular complexity index is 690. The van der Waals surface area contributed by atoms with Crippen molar-refractivity contribution >= 4 is 23.5 Å². The highest BCUT2D eigenvalue weighted by Crippen LogP contribution is 2.36. The number of benzene rings is 1. The summed E-state index contributed by atoms with van der Waals surface area (Å²) in [5.41, 5.74) is 2.83. The van der Waals surface area contributed by atoms with Crippen molar-refractivity contribution in [2.75, 3.05) is 14.2 Å². The number of rotatable bonds is 5. The van der Waals surface area contributed by atoms with Gasteiger partial charge in [-0.05, 0) is 24.3 Å². The Balaban J connectivity index is 2.11. The first-order valence-electron chi connectivity index (χ1n) is 6.09. The number of carbonyl (C=O) groups excluding carboxylic acids is 1. The van der Waals surface area contributed by atoms with E-state index in [-0.39, 0.29) is 22.1 Å². The van der Waals surface area contributed by atoms with Gasteiger partial charge in [0.25, 0.3) is 5.91 Å². The van der Waals surface area contributed by atoms with Crippen molar-refractivity contribution < 1.29 is 23.8 Å². The molecule has 2 aromatic rings. The number of phenolic OH excluding ortho intramolecular Hbond substituents is 1. The predicted octanol–water partition coefficient (Wildman–Crippen LogP) is 2.37. The number of aromatic hydroxyl groups is 1. The van der Waals surface area contributed by atoms with E-state index in [1.165, 1.54) is 44.7 Å². The normalized spacial score (nSPS) is 10.7. The average Bonchev–Trinajstić information content (AvgIpc) is 2.95. The molecule has 6 nitrogen and oxygen atoms in total. The van der Waals surface area contributed by atoms with Gasteiger partial charge in [-0.2, -0.15) is 9.49 Å². The standard InChI is InChI=1S/C14H13FN2O4S/c1-20-9-5-8(6-10(21-2)13(9)18)7-16-17-14(19)11-3-4-12(15)22-11/h3-7,18H,1-2H3,(H,17,19)/b16-7+. The first-order valence-corrected chi connectivity index (χ1v) is 6.90. The van der Waals surface area contributed by atoms with Crippen LogP contribution in [-0.4, -0.2) is 31.4 Å². The summed E-state index contributed by atoms with van der Waals surface area (Å²) in [6.45, 7) is 0. The van der Waals surface area contributed by atoms with E-state index in [1.807, 2.05) is 0 Å². The van der Waals surface area contributed by atoms with Crippen LogP contribution in [0.25, 0.3) is 0 Å². The van der Waals surface area contributed by atoms with Gasteiger partial charge in [0, 0.05) is 5.56 Å². The lowest BCUT2D eigenvalue weighted by Crippen LogP contribution is -2.16. The van der Waals surface area contributed by atoms with Gasteiger partial charge in [-0.3, -0.25) is 4.79 Å². The van der Waals surface area contributed by atoms with E-state index in [9.17, 15) is 14.3 Å². The van der Waals surface area contributed by atoms with Gasteiger partial charge >= 0.3 is 0 Å². The molecule has 0 spiro atoms. The Labute approximate surface area is 129 Å². The lowest BCUT2D eigenvalue weighted by Gasteiger charge is -2.09. The topological polar surface area (TPSA) is 80.2 Å². The van der Waals surface area contributed by atoms with E-state index in [0.29, 0.717) is 5.56 Å². The molecule has 8 heteroatoms. The summed E-state index contributed by atoms with van der Waals surface area (Å²) in [6.07, 6.45) is 1.35. The molecule has 1 aromatic heterocycles. The number of ether oxygens (including phenoxy) is 2. The summed E-state index contributed by atoms with van der Waals surface area (Å²) in [4.78, 5) is 11.9. The number of phenols is 1. The van der Waals surface area contributed by atoms with E-state index in [2.05, 4.69) is 10.5 Å². The van der Waals surface area contributed by atoms with Crippen molar-refractivity contribution in [2.24, 2.45) is 5.10 Å². The molecule has 0 fully saturated rings. The van der Waals surface area contributed by atoms with Crippen LogP contribution in [0.3, 0.4) is 0 Å².